The molecule has 1 aromatic rings. The number of nitrogens with zero attached hydrogens (tertiary/aromatic N) is 2. The lowest BCUT2D eigenvalue weighted by Crippen LogP contribution is -2.52. The second kappa shape index (κ2) is 6.68. The highest BCUT2D eigenvalue weighted by Crippen LogP contribution is 2.12. The van der Waals surface area contributed by atoms with Gasteiger partial charge in [-0.15, -0.1) is 5.01 Å². The Hall–Kier alpha value is -2.94. The van der Waals surface area contributed by atoms with Gasteiger partial charge in [0.15, 0.2) is 0 Å². The summed E-state index contributed by atoms with van der Waals surface area (Å²) in [5.41, 5.74) is 5.50. The molecule has 116 valence electrons. The van der Waals surface area contributed by atoms with Crippen molar-refractivity contribution in [3.05, 3.63) is 30.3 Å². The molecule has 1 unspecified atom stereocenters. The smallest absolute Gasteiger partial charge is 0.421 e. The summed E-state index contributed by atoms with van der Waals surface area (Å²) >= 11 is 0. The lowest BCUT2D eigenvalue weighted by Gasteiger charge is -2.14. The zero-order valence-electron chi connectivity index (χ0n) is 12.0. The Balaban J connectivity index is 2.00. The third kappa shape index (κ3) is 3.38. The Bertz CT molecular complexity index is 616. The molecule has 1 atom stereocenters. The number of hydrazone groups is 1. The number of anilines is 1. The Morgan fingerprint density at radius 1 is 1.27 bits per heavy atom. The van der Waals surface area contributed by atoms with Crippen molar-refractivity contribution in [1.29, 1.82) is 0 Å². The van der Waals surface area contributed by atoms with Crippen molar-refractivity contribution in [3.8, 4) is 0 Å². The summed E-state index contributed by atoms with van der Waals surface area (Å²) in [6, 6.07) is 7.06. The highest BCUT2D eigenvalue weighted by Gasteiger charge is 2.37. The summed E-state index contributed by atoms with van der Waals surface area (Å²) in [6.07, 6.45) is -0.757. The highest BCUT2D eigenvalue weighted by molar-refractivity contribution is 6.17. The van der Waals surface area contributed by atoms with Gasteiger partial charge in [0.25, 0.3) is 5.91 Å². The number of para-hydroxylation sites is 1. The van der Waals surface area contributed by atoms with E-state index >= 15 is 0 Å². The van der Waals surface area contributed by atoms with Crippen molar-refractivity contribution in [2.24, 2.45) is 5.10 Å². The van der Waals surface area contributed by atoms with Crippen molar-refractivity contribution in [2.45, 2.75) is 13.0 Å². The van der Waals surface area contributed by atoms with E-state index in [9.17, 15) is 14.4 Å². The second-order valence-electron chi connectivity index (χ2n) is 4.38. The average molecular weight is 305 g/mol. The molecule has 0 aromatic heterocycles. The molecule has 0 saturated heterocycles. The molecule has 9 heteroatoms. The first kappa shape index (κ1) is 15.4. The first-order valence-corrected chi connectivity index (χ1v) is 6.37. The van der Waals surface area contributed by atoms with Gasteiger partial charge in [-0.3, -0.25) is 10.2 Å². The van der Waals surface area contributed by atoms with Crippen LogP contribution in [0.2, 0.25) is 0 Å². The van der Waals surface area contributed by atoms with Crippen molar-refractivity contribution < 1.29 is 19.1 Å². The molecule has 0 saturated carbocycles. The molecule has 22 heavy (non-hydrogen) atoms. The number of urea groups is 1. The standard InChI is InChI=1S/C13H15N5O4/c1-8-10(15-16-13(21)22-2)11(19)18(17-8)12(20)14-9-6-4-3-5-7-9/h3-7,10,15H,1-2H3,(H,14,20)(H,16,21). The SMILES string of the molecule is COC(=O)NNC1C(=O)N(C(=O)Nc2ccccc2)N=C1C. The maximum absolute atomic E-state index is 12.1. The molecule has 0 fully saturated rings. The third-order valence-electron chi connectivity index (χ3n) is 2.85. The van der Waals surface area contributed by atoms with Gasteiger partial charge in [0, 0.05) is 5.69 Å². The van der Waals surface area contributed by atoms with Gasteiger partial charge < -0.3 is 10.1 Å². The maximum Gasteiger partial charge on any atom is 0.421 e. The number of carbonyl (C=O) groups excluding carboxylic acids is 3. The first-order valence-electron chi connectivity index (χ1n) is 6.37. The second-order valence-corrected chi connectivity index (χ2v) is 4.38. The molecule has 2 rings (SSSR count). The quantitative estimate of drug-likeness (QED) is 0.710. The molecule has 0 bridgehead atoms. The Kier molecular flexibility index (Phi) is 4.69. The monoisotopic (exact) mass is 305 g/mol. The summed E-state index contributed by atoms with van der Waals surface area (Å²) in [6.45, 7) is 1.56. The molecule has 3 N–H and O–H groups in total. The van der Waals surface area contributed by atoms with Crippen molar-refractivity contribution in [2.75, 3.05) is 12.4 Å². The molecular formula is C13H15N5O4. The number of hydrogen-bond acceptors (Lipinski definition) is 6. The third-order valence-corrected chi connectivity index (χ3v) is 2.85. The van der Waals surface area contributed by atoms with Crippen LogP contribution < -0.4 is 16.2 Å². The molecule has 1 heterocycles. The van der Waals surface area contributed by atoms with Crippen LogP contribution >= 0.6 is 0 Å². The van der Waals surface area contributed by atoms with Crippen LogP contribution in [-0.2, 0) is 9.53 Å². The van der Waals surface area contributed by atoms with Crippen LogP contribution in [0, 0.1) is 0 Å². The van der Waals surface area contributed by atoms with Crippen LogP contribution in [0.1, 0.15) is 6.92 Å². The van der Waals surface area contributed by atoms with Gasteiger partial charge in [0.05, 0.1) is 12.8 Å². The Morgan fingerprint density at radius 2 is 1.95 bits per heavy atom. The van der Waals surface area contributed by atoms with E-state index in [0.717, 1.165) is 0 Å². The summed E-state index contributed by atoms with van der Waals surface area (Å²) in [4.78, 5) is 35.2. The van der Waals surface area contributed by atoms with E-state index in [1.54, 1.807) is 37.3 Å². The fourth-order valence-corrected chi connectivity index (χ4v) is 1.76. The van der Waals surface area contributed by atoms with Crippen molar-refractivity contribution in [3.63, 3.8) is 0 Å². The van der Waals surface area contributed by atoms with E-state index in [2.05, 4.69) is 26.0 Å². The number of imide groups is 1. The fourth-order valence-electron chi connectivity index (χ4n) is 1.76. The maximum atomic E-state index is 12.1. The fraction of sp³-hybridized carbons (Fsp3) is 0.231. The topological polar surface area (TPSA) is 112 Å². The average Bonchev–Trinajstić information content (AvgIpc) is 2.80. The lowest BCUT2D eigenvalue weighted by molar-refractivity contribution is -0.127. The van der Waals surface area contributed by atoms with E-state index in [1.165, 1.54) is 7.11 Å². The number of hydrazine groups is 1. The highest BCUT2D eigenvalue weighted by atomic mass is 16.5. The zero-order chi connectivity index (χ0) is 16.1. The van der Waals surface area contributed by atoms with Gasteiger partial charge in [-0.05, 0) is 19.1 Å². The minimum Gasteiger partial charge on any atom is -0.452 e. The van der Waals surface area contributed by atoms with Crippen LogP contribution in [0.4, 0.5) is 15.3 Å². The lowest BCUT2D eigenvalue weighted by atomic mass is 10.2. The number of amides is 4. The molecule has 0 radical (unpaired) electrons. The van der Waals surface area contributed by atoms with Crippen LogP contribution in [-0.4, -0.2) is 41.9 Å². The van der Waals surface area contributed by atoms with E-state index < -0.39 is 24.1 Å². The number of benzene rings is 1. The van der Waals surface area contributed by atoms with Crippen LogP contribution in [0.25, 0.3) is 0 Å². The van der Waals surface area contributed by atoms with Gasteiger partial charge in [0.2, 0.25) is 0 Å². The number of rotatable bonds is 3. The van der Waals surface area contributed by atoms with Crippen molar-refractivity contribution in [1.82, 2.24) is 15.9 Å². The molecule has 0 spiro atoms. The first-order chi connectivity index (χ1) is 10.5. The number of methoxy groups -OCH3 is 1. The minimum absolute atomic E-state index is 0.338. The predicted molar refractivity (Wildman–Crippen MR) is 77.9 cm³/mol. The molecule has 1 aromatic carbocycles. The van der Waals surface area contributed by atoms with Crippen molar-refractivity contribution >= 4 is 29.4 Å². The number of nitrogens with one attached hydrogen (secondary N) is 3. The predicted octanol–water partition coefficient (Wildman–Crippen LogP) is 0.666. The van der Waals surface area contributed by atoms with Gasteiger partial charge in [-0.1, -0.05) is 18.2 Å². The van der Waals surface area contributed by atoms with Crippen LogP contribution in [0.3, 0.4) is 0 Å². The molecule has 0 aliphatic carbocycles. The minimum atomic E-state index is -0.930. The van der Waals surface area contributed by atoms with E-state index in [0.29, 0.717) is 16.4 Å². The van der Waals surface area contributed by atoms with E-state index in [4.69, 9.17) is 0 Å². The normalized spacial score (nSPS) is 17.0. The van der Waals surface area contributed by atoms with E-state index in [-0.39, 0.29) is 0 Å². The molecule has 9 nitrogen and oxygen atoms in total. The molecule has 4 amide bonds. The van der Waals surface area contributed by atoms with Gasteiger partial charge in [-0.2, -0.15) is 5.10 Å². The number of carbonyl (C=O) groups is 3. The number of ether oxygens (including phenoxy) is 1. The molecule has 1 aliphatic rings. The van der Waals surface area contributed by atoms with Crippen LogP contribution in [0.5, 0.6) is 0 Å². The molecular weight excluding hydrogens is 290 g/mol. The summed E-state index contributed by atoms with van der Waals surface area (Å²) in [5.74, 6) is -0.609. The molecule has 1 aliphatic heterocycles. The Labute approximate surface area is 126 Å². The number of hydrogen-bond donors (Lipinski definition) is 3. The zero-order valence-corrected chi connectivity index (χ0v) is 12.0. The summed E-state index contributed by atoms with van der Waals surface area (Å²) in [7, 11) is 1.19. The van der Waals surface area contributed by atoms with E-state index in [1.807, 2.05) is 0 Å². The van der Waals surface area contributed by atoms with Gasteiger partial charge in [0.1, 0.15) is 6.04 Å². The Morgan fingerprint density at radius 3 is 2.59 bits per heavy atom. The van der Waals surface area contributed by atoms with Gasteiger partial charge in [-0.25, -0.2) is 15.0 Å². The summed E-state index contributed by atoms with van der Waals surface area (Å²) in [5, 5.41) is 7.14. The largest absolute Gasteiger partial charge is 0.452 e. The van der Waals surface area contributed by atoms with Gasteiger partial charge >= 0.3 is 12.1 Å². The summed E-state index contributed by atoms with van der Waals surface area (Å²) < 4.78 is 4.38. The van der Waals surface area contributed by atoms with Crippen LogP contribution in [0.15, 0.2) is 35.4 Å².